The fourth-order valence-corrected chi connectivity index (χ4v) is 1.60. The number of nitrogens with one attached hydrogen (secondary N) is 1. The van der Waals surface area contributed by atoms with Crippen molar-refractivity contribution in [2.24, 2.45) is 0 Å². The zero-order valence-corrected chi connectivity index (χ0v) is 11.5. The molecule has 0 spiro atoms. The Morgan fingerprint density at radius 1 is 1.16 bits per heavy atom. The first-order valence-corrected chi connectivity index (χ1v) is 6.50. The lowest BCUT2D eigenvalue weighted by Gasteiger charge is -2.14. The molecule has 0 bridgehead atoms. The molecule has 3 atom stereocenters. The van der Waals surface area contributed by atoms with Crippen LogP contribution in [-0.4, -0.2) is 57.2 Å². The highest BCUT2D eigenvalue weighted by Crippen LogP contribution is 2.05. The van der Waals surface area contributed by atoms with Gasteiger partial charge in [-0.05, 0) is 26.8 Å². The molecular formula is C13H23N3O3. The molecule has 0 unspecified atom stereocenters. The molecule has 0 aliphatic carbocycles. The average molecular weight is 269 g/mol. The van der Waals surface area contributed by atoms with Crippen LogP contribution in [0, 0.1) is 0 Å². The highest BCUT2D eigenvalue weighted by molar-refractivity contribution is 5.04. The molecule has 1 heterocycles. The van der Waals surface area contributed by atoms with E-state index in [0.29, 0.717) is 11.7 Å². The zero-order chi connectivity index (χ0) is 14.3. The topological polar surface area (TPSA) is 98.5 Å². The largest absolute Gasteiger partial charge is 0.394 e. The number of hydrogen-bond acceptors (Lipinski definition) is 6. The van der Waals surface area contributed by atoms with Crippen molar-refractivity contribution in [3.63, 3.8) is 0 Å². The standard InChI is InChI=1S/C13H23N3O3/c1-9(14-2)3-4-10-6-16-11(7-15-10)5-12(18)13(19)8-17/h6-7,9,12-14,17-19H,3-5,8H2,1-2H3/t9-,12-,13+/m0/s1. The Morgan fingerprint density at radius 3 is 2.32 bits per heavy atom. The van der Waals surface area contributed by atoms with Crippen LogP contribution in [0.25, 0.3) is 0 Å². The molecule has 108 valence electrons. The fourth-order valence-electron chi connectivity index (χ4n) is 1.60. The van der Waals surface area contributed by atoms with Crippen LogP contribution in [0.15, 0.2) is 12.4 Å². The fraction of sp³-hybridized carbons (Fsp3) is 0.692. The average Bonchev–Trinajstić information content (AvgIpc) is 2.45. The van der Waals surface area contributed by atoms with Gasteiger partial charge >= 0.3 is 0 Å². The van der Waals surface area contributed by atoms with Crippen molar-refractivity contribution in [2.75, 3.05) is 13.7 Å². The van der Waals surface area contributed by atoms with E-state index in [9.17, 15) is 10.2 Å². The second kappa shape index (κ2) is 8.16. The maximum absolute atomic E-state index is 9.56. The SMILES string of the molecule is CN[C@@H](C)CCc1cnc(C[C@H](O)[C@H](O)CO)cn1. The number of aryl methyl sites for hydroxylation is 1. The van der Waals surface area contributed by atoms with E-state index in [0.717, 1.165) is 18.5 Å². The lowest BCUT2D eigenvalue weighted by molar-refractivity contribution is -0.0137. The minimum atomic E-state index is -1.14. The molecule has 4 N–H and O–H groups in total. The van der Waals surface area contributed by atoms with Gasteiger partial charge in [0.1, 0.15) is 6.10 Å². The van der Waals surface area contributed by atoms with E-state index >= 15 is 0 Å². The molecule has 0 saturated carbocycles. The molecule has 1 aromatic heterocycles. The summed E-state index contributed by atoms with van der Waals surface area (Å²) in [7, 11) is 1.92. The van der Waals surface area contributed by atoms with Gasteiger partial charge < -0.3 is 20.6 Å². The van der Waals surface area contributed by atoms with E-state index in [-0.39, 0.29) is 6.42 Å². The number of rotatable bonds is 8. The summed E-state index contributed by atoms with van der Waals surface area (Å²) >= 11 is 0. The Balaban J connectivity index is 2.47. The Morgan fingerprint density at radius 2 is 1.79 bits per heavy atom. The van der Waals surface area contributed by atoms with Crippen LogP contribution < -0.4 is 5.32 Å². The van der Waals surface area contributed by atoms with E-state index in [1.807, 2.05) is 7.05 Å². The summed E-state index contributed by atoms with van der Waals surface area (Å²) in [6.07, 6.45) is 3.14. The first-order chi connectivity index (χ1) is 9.06. The summed E-state index contributed by atoms with van der Waals surface area (Å²) in [6.45, 7) is 1.64. The van der Waals surface area contributed by atoms with E-state index in [2.05, 4.69) is 22.2 Å². The smallest absolute Gasteiger partial charge is 0.103 e. The minimum Gasteiger partial charge on any atom is -0.394 e. The van der Waals surface area contributed by atoms with Gasteiger partial charge in [0.15, 0.2) is 0 Å². The van der Waals surface area contributed by atoms with Gasteiger partial charge in [0, 0.05) is 24.9 Å². The highest BCUT2D eigenvalue weighted by atomic mass is 16.4. The monoisotopic (exact) mass is 269 g/mol. The van der Waals surface area contributed by atoms with Gasteiger partial charge in [0.05, 0.1) is 24.1 Å². The number of aromatic nitrogens is 2. The van der Waals surface area contributed by atoms with Gasteiger partial charge in [-0.3, -0.25) is 9.97 Å². The molecule has 0 aromatic carbocycles. The molecule has 6 nitrogen and oxygen atoms in total. The molecule has 1 aromatic rings. The second-order valence-electron chi connectivity index (χ2n) is 4.75. The van der Waals surface area contributed by atoms with Gasteiger partial charge in [-0.25, -0.2) is 0 Å². The van der Waals surface area contributed by atoms with E-state index in [1.54, 1.807) is 12.4 Å². The normalized spacial score (nSPS) is 16.1. The Hall–Kier alpha value is -1.08. The molecule has 19 heavy (non-hydrogen) atoms. The summed E-state index contributed by atoms with van der Waals surface area (Å²) in [6, 6.07) is 0.433. The molecule has 6 heteroatoms. The molecular weight excluding hydrogens is 246 g/mol. The van der Waals surface area contributed by atoms with Crippen LogP contribution in [0.3, 0.4) is 0 Å². The van der Waals surface area contributed by atoms with Gasteiger partial charge in [-0.1, -0.05) is 0 Å². The van der Waals surface area contributed by atoms with E-state index in [4.69, 9.17) is 5.11 Å². The maximum Gasteiger partial charge on any atom is 0.103 e. The molecule has 0 aliphatic heterocycles. The van der Waals surface area contributed by atoms with Crippen molar-refractivity contribution in [1.29, 1.82) is 0 Å². The molecule has 0 saturated heterocycles. The molecule has 0 aliphatic rings. The summed E-state index contributed by atoms with van der Waals surface area (Å²) in [5, 5.41) is 30.7. The van der Waals surface area contributed by atoms with Crippen molar-refractivity contribution >= 4 is 0 Å². The Labute approximate surface area is 113 Å². The molecule has 0 fully saturated rings. The third kappa shape index (κ3) is 5.61. The number of hydrogen-bond donors (Lipinski definition) is 4. The van der Waals surface area contributed by atoms with E-state index in [1.165, 1.54) is 0 Å². The number of aliphatic hydroxyl groups excluding tert-OH is 3. The van der Waals surface area contributed by atoms with Crippen LogP contribution in [0.1, 0.15) is 24.7 Å². The predicted molar refractivity (Wildman–Crippen MR) is 71.7 cm³/mol. The van der Waals surface area contributed by atoms with Crippen molar-refractivity contribution < 1.29 is 15.3 Å². The van der Waals surface area contributed by atoms with Gasteiger partial charge in [-0.15, -0.1) is 0 Å². The summed E-state index contributed by atoms with van der Waals surface area (Å²) < 4.78 is 0. The third-order valence-electron chi connectivity index (χ3n) is 3.13. The minimum absolute atomic E-state index is 0.182. The van der Waals surface area contributed by atoms with Crippen LogP contribution in [0.4, 0.5) is 0 Å². The Bertz CT molecular complexity index is 359. The van der Waals surface area contributed by atoms with E-state index < -0.39 is 18.8 Å². The van der Waals surface area contributed by atoms with Crippen LogP contribution in [0.2, 0.25) is 0 Å². The zero-order valence-electron chi connectivity index (χ0n) is 11.5. The van der Waals surface area contributed by atoms with Crippen LogP contribution >= 0.6 is 0 Å². The summed E-state index contributed by atoms with van der Waals surface area (Å²) in [5.41, 5.74) is 1.51. The molecule has 0 radical (unpaired) electrons. The maximum atomic E-state index is 9.56. The van der Waals surface area contributed by atoms with Crippen LogP contribution in [-0.2, 0) is 12.8 Å². The third-order valence-corrected chi connectivity index (χ3v) is 3.13. The van der Waals surface area contributed by atoms with Crippen molar-refractivity contribution in [2.45, 2.75) is 44.4 Å². The Kier molecular flexibility index (Phi) is 6.86. The summed E-state index contributed by atoms with van der Waals surface area (Å²) in [4.78, 5) is 8.48. The van der Waals surface area contributed by atoms with Gasteiger partial charge in [0.2, 0.25) is 0 Å². The van der Waals surface area contributed by atoms with Gasteiger partial charge in [0.25, 0.3) is 0 Å². The molecule has 0 amide bonds. The first kappa shape index (κ1) is 16.0. The second-order valence-corrected chi connectivity index (χ2v) is 4.75. The van der Waals surface area contributed by atoms with Crippen molar-refractivity contribution in [3.8, 4) is 0 Å². The van der Waals surface area contributed by atoms with Crippen molar-refractivity contribution in [3.05, 3.63) is 23.8 Å². The number of nitrogens with zero attached hydrogens (tertiary/aromatic N) is 2. The quantitative estimate of drug-likeness (QED) is 0.497. The lowest BCUT2D eigenvalue weighted by Crippen LogP contribution is -2.31. The molecule has 1 rings (SSSR count). The van der Waals surface area contributed by atoms with Crippen LogP contribution in [0.5, 0.6) is 0 Å². The highest BCUT2D eigenvalue weighted by Gasteiger charge is 2.16. The summed E-state index contributed by atoms with van der Waals surface area (Å²) in [5.74, 6) is 0. The van der Waals surface area contributed by atoms with Gasteiger partial charge in [-0.2, -0.15) is 0 Å². The predicted octanol–water partition coefficient (Wildman–Crippen LogP) is -0.726. The lowest BCUT2D eigenvalue weighted by atomic mass is 10.1. The first-order valence-electron chi connectivity index (χ1n) is 6.50. The number of aliphatic hydroxyl groups is 3. The van der Waals surface area contributed by atoms with Crippen molar-refractivity contribution in [1.82, 2.24) is 15.3 Å².